The number of benzene rings is 2. The van der Waals surface area contributed by atoms with E-state index in [1.807, 2.05) is 40.7 Å². The number of aryl methyl sites for hydroxylation is 3. The fourth-order valence-electron chi connectivity index (χ4n) is 3.47. The van der Waals surface area contributed by atoms with Gasteiger partial charge in [0, 0.05) is 6.04 Å². The van der Waals surface area contributed by atoms with E-state index in [2.05, 4.69) is 5.32 Å². The number of nitrogens with one attached hydrogen (secondary N) is 1. The fraction of sp³-hybridized carbons (Fsp3) is 0.435. The number of ether oxygens (including phenoxy) is 1. The monoisotopic (exact) mass is 432 g/mol. The average molecular weight is 433 g/mol. The van der Waals surface area contributed by atoms with Crippen LogP contribution >= 0.6 is 0 Å². The van der Waals surface area contributed by atoms with E-state index in [0.29, 0.717) is 5.69 Å². The second kappa shape index (κ2) is 9.98. The van der Waals surface area contributed by atoms with Crippen molar-refractivity contribution in [2.45, 2.75) is 58.4 Å². The maximum atomic E-state index is 13.7. The predicted molar refractivity (Wildman–Crippen MR) is 121 cm³/mol. The summed E-state index contributed by atoms with van der Waals surface area (Å²) >= 11 is 0. The van der Waals surface area contributed by atoms with Crippen LogP contribution in [0.4, 0.5) is 5.69 Å². The lowest BCUT2D eigenvalue weighted by molar-refractivity contribution is -0.120. The highest BCUT2D eigenvalue weighted by molar-refractivity contribution is 7.93. The van der Waals surface area contributed by atoms with E-state index >= 15 is 0 Å². The molecule has 0 fully saturated rings. The Bertz CT molecular complexity index is 982. The highest BCUT2D eigenvalue weighted by atomic mass is 32.2. The van der Waals surface area contributed by atoms with Crippen LogP contribution in [0.3, 0.4) is 0 Å². The van der Waals surface area contributed by atoms with Crippen LogP contribution in [0.5, 0.6) is 5.75 Å². The van der Waals surface area contributed by atoms with Crippen molar-refractivity contribution in [2.24, 2.45) is 0 Å². The lowest BCUT2D eigenvalue weighted by atomic mass is 10.1. The number of anilines is 1. The quantitative estimate of drug-likeness (QED) is 0.647. The molecule has 0 saturated carbocycles. The Labute approximate surface area is 180 Å². The third-order valence-electron chi connectivity index (χ3n) is 4.80. The van der Waals surface area contributed by atoms with Crippen LogP contribution in [0, 0.1) is 20.8 Å². The normalized spacial score (nSPS) is 12.3. The Morgan fingerprint density at radius 2 is 1.70 bits per heavy atom. The molecule has 0 saturated heterocycles. The molecular formula is C23H32N2O4S. The molecule has 2 rings (SSSR count). The number of amides is 1. The summed E-state index contributed by atoms with van der Waals surface area (Å²) in [6.45, 7) is 9.27. The molecule has 2 aromatic rings. The van der Waals surface area contributed by atoms with Gasteiger partial charge in [0.25, 0.3) is 10.0 Å². The summed E-state index contributed by atoms with van der Waals surface area (Å²) in [7, 11) is -2.61. The minimum Gasteiger partial charge on any atom is -0.495 e. The van der Waals surface area contributed by atoms with Crippen LogP contribution < -0.4 is 14.4 Å². The number of rotatable bonds is 9. The first-order valence-electron chi connectivity index (χ1n) is 10.1. The van der Waals surface area contributed by atoms with E-state index in [0.717, 1.165) is 33.8 Å². The van der Waals surface area contributed by atoms with Crippen molar-refractivity contribution >= 4 is 21.6 Å². The van der Waals surface area contributed by atoms with Gasteiger partial charge < -0.3 is 10.1 Å². The summed E-state index contributed by atoms with van der Waals surface area (Å²) in [5.74, 6) is -0.0972. The molecule has 0 radical (unpaired) electrons. The predicted octanol–water partition coefficient (Wildman–Crippen LogP) is 4.12. The van der Waals surface area contributed by atoms with Gasteiger partial charge in [0.2, 0.25) is 5.91 Å². The highest BCUT2D eigenvalue weighted by Gasteiger charge is 2.30. The molecule has 0 unspecified atom stereocenters. The molecule has 1 atom stereocenters. The Balaban J connectivity index is 2.55. The van der Waals surface area contributed by atoms with Crippen molar-refractivity contribution in [3.8, 4) is 5.75 Å². The van der Waals surface area contributed by atoms with E-state index in [9.17, 15) is 13.2 Å². The third-order valence-corrected chi connectivity index (χ3v) is 6.59. The maximum absolute atomic E-state index is 13.7. The van der Waals surface area contributed by atoms with E-state index in [1.165, 1.54) is 7.11 Å². The molecule has 0 heterocycles. The second-order valence-electron chi connectivity index (χ2n) is 7.77. The van der Waals surface area contributed by atoms with Gasteiger partial charge >= 0.3 is 0 Å². The summed E-state index contributed by atoms with van der Waals surface area (Å²) in [5.41, 5.74) is 3.08. The first-order chi connectivity index (χ1) is 14.1. The number of carbonyl (C=O) groups is 1. The van der Waals surface area contributed by atoms with E-state index in [-0.39, 0.29) is 29.1 Å². The molecule has 0 aromatic heterocycles. The minimum atomic E-state index is -4.05. The lowest BCUT2D eigenvalue weighted by Gasteiger charge is -2.26. The van der Waals surface area contributed by atoms with Crippen LogP contribution in [0.2, 0.25) is 0 Å². The molecule has 0 aliphatic carbocycles. The van der Waals surface area contributed by atoms with Crippen molar-refractivity contribution in [2.75, 3.05) is 18.0 Å². The van der Waals surface area contributed by atoms with E-state index < -0.39 is 10.0 Å². The number of hydrogen-bond acceptors (Lipinski definition) is 4. The van der Waals surface area contributed by atoms with Crippen LogP contribution in [0.1, 0.15) is 43.4 Å². The van der Waals surface area contributed by atoms with E-state index in [1.54, 1.807) is 30.3 Å². The molecular weight excluding hydrogens is 400 g/mol. The summed E-state index contributed by atoms with van der Waals surface area (Å²) < 4.78 is 33.9. The van der Waals surface area contributed by atoms with E-state index in [4.69, 9.17) is 4.74 Å². The zero-order valence-electron chi connectivity index (χ0n) is 18.7. The average Bonchev–Trinajstić information content (AvgIpc) is 2.65. The molecule has 0 bridgehead atoms. The number of nitrogens with zero attached hydrogens (tertiary/aromatic N) is 1. The molecule has 0 spiro atoms. The summed E-state index contributed by atoms with van der Waals surface area (Å²) in [5, 5.41) is 2.90. The van der Waals surface area contributed by atoms with Gasteiger partial charge in [-0.15, -0.1) is 0 Å². The van der Waals surface area contributed by atoms with Gasteiger partial charge in [0.15, 0.2) is 0 Å². The fourth-order valence-corrected chi connectivity index (χ4v) is 5.12. The molecule has 164 valence electrons. The standard InChI is InChI=1S/C23H32N2O4S/c1-7-8-19(5)24-23(26)15-25(20-12-17(3)11-18(4)13-20)30(27,28)22-14-16(2)9-10-21(22)29-6/h9-14,19H,7-8,15H2,1-6H3,(H,24,26)/t19-/m1/s1. The van der Waals surface area contributed by atoms with Gasteiger partial charge in [0.05, 0.1) is 12.8 Å². The van der Waals surface area contributed by atoms with Crippen molar-refractivity contribution in [3.05, 3.63) is 53.1 Å². The molecule has 2 aromatic carbocycles. The number of carbonyl (C=O) groups excluding carboxylic acids is 1. The lowest BCUT2D eigenvalue weighted by Crippen LogP contribution is -2.43. The topological polar surface area (TPSA) is 75.7 Å². The first-order valence-corrected chi connectivity index (χ1v) is 11.6. The Kier molecular flexibility index (Phi) is 7.89. The Hall–Kier alpha value is -2.54. The third kappa shape index (κ3) is 5.75. The van der Waals surface area contributed by atoms with Gasteiger partial charge in [-0.05, 0) is 75.1 Å². The van der Waals surface area contributed by atoms with Crippen molar-refractivity contribution in [3.63, 3.8) is 0 Å². The summed E-state index contributed by atoms with van der Waals surface area (Å²) in [4.78, 5) is 12.8. The Morgan fingerprint density at radius 1 is 1.07 bits per heavy atom. The van der Waals surface area contributed by atoms with Crippen molar-refractivity contribution < 1.29 is 17.9 Å². The second-order valence-corrected chi connectivity index (χ2v) is 9.60. The molecule has 6 nitrogen and oxygen atoms in total. The summed E-state index contributed by atoms with van der Waals surface area (Å²) in [6, 6.07) is 10.5. The molecule has 0 aliphatic rings. The number of methoxy groups -OCH3 is 1. The van der Waals surface area contributed by atoms with Gasteiger partial charge in [-0.2, -0.15) is 0 Å². The van der Waals surface area contributed by atoms with Crippen LogP contribution in [-0.4, -0.2) is 34.0 Å². The highest BCUT2D eigenvalue weighted by Crippen LogP contribution is 2.31. The largest absolute Gasteiger partial charge is 0.495 e. The SMILES string of the molecule is CCC[C@@H](C)NC(=O)CN(c1cc(C)cc(C)c1)S(=O)(=O)c1cc(C)ccc1OC. The van der Waals surface area contributed by atoms with Gasteiger partial charge in [-0.25, -0.2) is 8.42 Å². The Morgan fingerprint density at radius 3 is 2.27 bits per heavy atom. The molecule has 1 amide bonds. The summed E-state index contributed by atoms with van der Waals surface area (Å²) in [6.07, 6.45) is 1.76. The number of sulfonamides is 1. The maximum Gasteiger partial charge on any atom is 0.268 e. The van der Waals surface area contributed by atoms with Gasteiger partial charge in [-0.3, -0.25) is 9.10 Å². The number of hydrogen-bond donors (Lipinski definition) is 1. The van der Waals surface area contributed by atoms with Crippen LogP contribution in [0.15, 0.2) is 41.3 Å². The zero-order valence-corrected chi connectivity index (χ0v) is 19.5. The molecule has 1 N–H and O–H groups in total. The minimum absolute atomic E-state index is 0.0280. The van der Waals surface area contributed by atoms with Crippen LogP contribution in [0.25, 0.3) is 0 Å². The van der Waals surface area contributed by atoms with Crippen molar-refractivity contribution in [1.82, 2.24) is 5.32 Å². The van der Waals surface area contributed by atoms with Crippen molar-refractivity contribution in [1.29, 1.82) is 0 Å². The van der Waals surface area contributed by atoms with Gasteiger partial charge in [0.1, 0.15) is 17.2 Å². The smallest absolute Gasteiger partial charge is 0.268 e. The molecule has 7 heteroatoms. The van der Waals surface area contributed by atoms with Gasteiger partial charge in [-0.1, -0.05) is 25.5 Å². The zero-order chi connectivity index (χ0) is 22.5. The molecule has 30 heavy (non-hydrogen) atoms. The first kappa shape index (κ1) is 23.7. The van der Waals surface area contributed by atoms with Crippen LogP contribution in [-0.2, 0) is 14.8 Å². The molecule has 0 aliphatic heterocycles.